The normalized spacial score (nSPS) is 12.1. The maximum Gasteiger partial charge on any atom is 0.0737 e. The van der Waals surface area contributed by atoms with E-state index < -0.39 is 0 Å². The molecule has 4 nitrogen and oxygen atoms in total. The number of hydrogen-bond acceptors (Lipinski definition) is 2. The van der Waals surface area contributed by atoms with Crippen LogP contribution in [0.4, 0.5) is 0 Å². The van der Waals surface area contributed by atoms with Gasteiger partial charge in [-0.15, -0.1) is 0 Å². The fourth-order valence-electron chi connectivity index (χ4n) is 6.51. The van der Waals surface area contributed by atoms with Crippen LogP contribution in [-0.4, -0.2) is 19.9 Å². The number of rotatable bonds is 4. The number of H-pyrrole nitrogens is 2. The molecule has 0 unspecified atom stereocenters. The van der Waals surface area contributed by atoms with Crippen LogP contribution in [0.25, 0.3) is 85.8 Å². The predicted octanol–water partition coefficient (Wildman–Crippen LogP) is 11.2. The minimum atomic E-state index is 0.865. The van der Waals surface area contributed by atoms with E-state index in [1.807, 2.05) is 6.08 Å². The second-order valence-electron chi connectivity index (χ2n) is 12.3. The lowest BCUT2D eigenvalue weighted by atomic mass is 10.0. The van der Waals surface area contributed by atoms with Crippen LogP contribution in [0.15, 0.2) is 104 Å². The molecule has 226 valence electrons. The van der Waals surface area contributed by atoms with Crippen LogP contribution in [0.5, 0.6) is 0 Å². The van der Waals surface area contributed by atoms with Gasteiger partial charge in [0, 0.05) is 44.3 Å². The zero-order valence-electron chi connectivity index (χ0n) is 26.7. The van der Waals surface area contributed by atoms with E-state index in [1.165, 1.54) is 16.7 Å². The van der Waals surface area contributed by atoms with Gasteiger partial charge in [-0.3, -0.25) is 0 Å². The smallest absolute Gasteiger partial charge is 0.0737 e. The fraction of sp³-hybridized carbons (Fsp3) is 0.0698. The van der Waals surface area contributed by atoms with Crippen LogP contribution in [-0.2, 0) is 0 Å². The summed E-state index contributed by atoms with van der Waals surface area (Å²) in [5.41, 5.74) is 18.5. The molecule has 0 atom stereocenters. The Kier molecular flexibility index (Phi) is 6.92. The lowest BCUT2D eigenvalue weighted by Crippen LogP contribution is -1.89. The Labute approximate surface area is 274 Å². The molecule has 0 fully saturated rings. The van der Waals surface area contributed by atoms with E-state index in [0.717, 1.165) is 83.8 Å². The lowest BCUT2D eigenvalue weighted by Gasteiger charge is -2.07. The van der Waals surface area contributed by atoms with Crippen LogP contribution in [0.2, 0.25) is 0 Å². The number of benzene rings is 3. The molecule has 4 heteroatoms. The summed E-state index contributed by atoms with van der Waals surface area (Å²) in [6.07, 6.45) is 10.3. The Bertz CT molecular complexity index is 2370. The highest BCUT2D eigenvalue weighted by Gasteiger charge is 2.17. The number of fused-ring (bicyclic) bond motifs is 8. The molecule has 0 saturated carbocycles. The first-order chi connectivity index (χ1) is 22.9. The number of aryl methyl sites for hydroxylation is 3. The van der Waals surface area contributed by atoms with Gasteiger partial charge in [0.1, 0.15) is 0 Å². The lowest BCUT2D eigenvalue weighted by molar-refractivity contribution is 1.30. The van der Waals surface area contributed by atoms with Gasteiger partial charge >= 0.3 is 0 Å². The molecule has 5 heterocycles. The van der Waals surface area contributed by atoms with Crippen molar-refractivity contribution < 1.29 is 0 Å². The number of nitrogens with zero attached hydrogens (tertiary/aromatic N) is 2. The van der Waals surface area contributed by atoms with Crippen molar-refractivity contribution in [1.82, 2.24) is 19.9 Å². The van der Waals surface area contributed by atoms with Gasteiger partial charge in [-0.05, 0) is 86.0 Å². The first-order valence-electron chi connectivity index (χ1n) is 15.9. The highest BCUT2D eigenvalue weighted by molar-refractivity contribution is 5.98. The number of aromatic nitrogens is 4. The largest absolute Gasteiger partial charge is 0.354 e. The molecule has 0 amide bonds. The van der Waals surface area contributed by atoms with Crippen molar-refractivity contribution >= 4 is 52.4 Å². The maximum absolute atomic E-state index is 5.34. The Morgan fingerprint density at radius 3 is 1.13 bits per heavy atom. The van der Waals surface area contributed by atoms with E-state index >= 15 is 0 Å². The molecule has 2 aliphatic rings. The van der Waals surface area contributed by atoms with Crippen molar-refractivity contribution in [3.63, 3.8) is 0 Å². The molecule has 47 heavy (non-hydrogen) atoms. The van der Waals surface area contributed by atoms with Crippen LogP contribution in [0.3, 0.4) is 0 Å². The quantitative estimate of drug-likeness (QED) is 0.209. The summed E-state index contributed by atoms with van der Waals surface area (Å²) in [5.74, 6) is 0. The summed E-state index contributed by atoms with van der Waals surface area (Å²) in [5, 5.41) is 0. The molecule has 2 N–H and O–H groups in total. The highest BCUT2D eigenvalue weighted by atomic mass is 14.8. The Hall–Kier alpha value is -6.00. The fourth-order valence-corrected chi connectivity index (χ4v) is 6.51. The van der Waals surface area contributed by atoms with Crippen molar-refractivity contribution in [3.05, 3.63) is 149 Å². The second kappa shape index (κ2) is 11.4. The van der Waals surface area contributed by atoms with E-state index in [9.17, 15) is 0 Å². The van der Waals surface area contributed by atoms with Gasteiger partial charge in [0.05, 0.1) is 22.8 Å². The number of aromatic amines is 2. The monoisotopic (exact) mass is 606 g/mol. The minimum Gasteiger partial charge on any atom is -0.354 e. The van der Waals surface area contributed by atoms with Crippen LogP contribution >= 0.6 is 0 Å². The number of nitrogens with one attached hydrogen (secondary N) is 2. The molecule has 3 aromatic carbocycles. The van der Waals surface area contributed by atoms with E-state index in [2.05, 4.69) is 159 Å². The molecule has 8 bridgehead atoms. The summed E-state index contributed by atoms with van der Waals surface area (Å²) < 4.78 is 0. The number of hydrogen-bond donors (Lipinski definition) is 2. The van der Waals surface area contributed by atoms with E-state index in [-0.39, 0.29) is 0 Å². The molecular formula is C43H34N4. The Balaban J connectivity index is 1.56. The molecule has 0 spiro atoms. The second-order valence-corrected chi connectivity index (χ2v) is 12.3. The minimum absolute atomic E-state index is 0.865. The first kappa shape index (κ1) is 28.5. The molecule has 0 saturated heterocycles. The summed E-state index contributed by atoms with van der Waals surface area (Å²) in [7, 11) is 0. The zero-order valence-corrected chi connectivity index (χ0v) is 26.7. The molecule has 3 aromatic heterocycles. The summed E-state index contributed by atoms with van der Waals surface area (Å²) in [6, 6.07) is 34.5. The van der Waals surface area contributed by atoms with Gasteiger partial charge < -0.3 is 9.97 Å². The van der Waals surface area contributed by atoms with Gasteiger partial charge in [-0.2, -0.15) is 0 Å². The maximum atomic E-state index is 5.34. The summed E-state index contributed by atoms with van der Waals surface area (Å²) >= 11 is 0. The third-order valence-corrected chi connectivity index (χ3v) is 9.02. The standard InChI is InChI=1S/C43H34N4/c1-5-32-33-18-20-35(44-33)41(29-12-6-26(2)7-13-29)37-22-24-39(46-37)43(31-16-10-28(4)11-17-31)40-25-23-38(47-40)42(36-21-19-34(32)45-36)30-14-8-27(3)9-15-30/h5-25,44,47H,1H2,2-4H3. The third-order valence-electron chi connectivity index (χ3n) is 9.02. The van der Waals surface area contributed by atoms with Gasteiger partial charge in [-0.1, -0.05) is 102 Å². The Morgan fingerprint density at radius 1 is 0.426 bits per heavy atom. The van der Waals surface area contributed by atoms with Gasteiger partial charge in [-0.25, -0.2) is 9.97 Å². The van der Waals surface area contributed by atoms with Crippen molar-refractivity contribution in [2.45, 2.75) is 20.8 Å². The van der Waals surface area contributed by atoms with E-state index in [1.54, 1.807) is 0 Å². The average molecular weight is 607 g/mol. The Morgan fingerprint density at radius 2 is 0.745 bits per heavy atom. The van der Waals surface area contributed by atoms with E-state index in [0.29, 0.717) is 0 Å². The predicted molar refractivity (Wildman–Crippen MR) is 199 cm³/mol. The van der Waals surface area contributed by atoms with Crippen molar-refractivity contribution in [1.29, 1.82) is 0 Å². The van der Waals surface area contributed by atoms with Crippen LogP contribution in [0.1, 0.15) is 45.0 Å². The molecule has 6 aromatic rings. The van der Waals surface area contributed by atoms with E-state index in [4.69, 9.17) is 9.97 Å². The van der Waals surface area contributed by atoms with Gasteiger partial charge in [0.15, 0.2) is 0 Å². The first-order valence-corrected chi connectivity index (χ1v) is 15.9. The zero-order chi connectivity index (χ0) is 32.1. The molecule has 2 aliphatic heterocycles. The van der Waals surface area contributed by atoms with Crippen molar-refractivity contribution in [2.24, 2.45) is 0 Å². The summed E-state index contributed by atoms with van der Waals surface area (Å²) in [4.78, 5) is 18.1. The SMILES string of the molecule is C=Cc1c2nc(c(-c3ccc(C)cc3)c3ccc([nH]3)c(-c3ccc(C)cc3)c3nc(c(-c4ccc(C)cc4)c4ccc1[nH]4)C=C3)C=C2. The van der Waals surface area contributed by atoms with Crippen LogP contribution < -0.4 is 0 Å². The van der Waals surface area contributed by atoms with Gasteiger partial charge in [0.25, 0.3) is 0 Å². The van der Waals surface area contributed by atoms with Crippen molar-refractivity contribution in [2.75, 3.05) is 0 Å². The average Bonchev–Trinajstić information content (AvgIpc) is 3.91. The highest BCUT2D eigenvalue weighted by Crippen LogP contribution is 2.37. The molecule has 8 rings (SSSR count). The third kappa shape index (κ3) is 5.14. The molecular weight excluding hydrogens is 573 g/mol. The topological polar surface area (TPSA) is 57.4 Å². The molecule has 0 radical (unpaired) electrons. The summed E-state index contributed by atoms with van der Waals surface area (Å²) in [6.45, 7) is 10.5. The van der Waals surface area contributed by atoms with Crippen LogP contribution in [0, 0.1) is 20.8 Å². The van der Waals surface area contributed by atoms with Gasteiger partial charge in [0.2, 0.25) is 0 Å². The molecule has 0 aliphatic carbocycles. The van der Waals surface area contributed by atoms with Crippen molar-refractivity contribution in [3.8, 4) is 33.4 Å².